The van der Waals surface area contributed by atoms with Crippen molar-refractivity contribution in [3.8, 4) is 0 Å². The molecule has 0 spiro atoms. The van der Waals surface area contributed by atoms with E-state index in [4.69, 9.17) is 10.5 Å². The Hall–Kier alpha value is -2.93. The summed E-state index contributed by atoms with van der Waals surface area (Å²) in [5.74, 6) is -0.982. The lowest BCUT2D eigenvalue weighted by atomic mass is 10.1. The van der Waals surface area contributed by atoms with Crippen LogP contribution in [-0.4, -0.2) is 23.5 Å². The molecule has 0 aliphatic heterocycles. The van der Waals surface area contributed by atoms with Gasteiger partial charge in [-0.05, 0) is 31.0 Å². The van der Waals surface area contributed by atoms with E-state index >= 15 is 0 Å². The molecule has 0 aliphatic carbocycles. The minimum atomic E-state index is -0.614. The standard InChI is InChI=1S/C19H19N3O3S/c1-11-8-12(2)22-18-15(11)16(20)17(26-18)19(24)25-10-14(23)21-9-13-6-4-3-5-7-13/h3-8H,9-10,20H2,1-2H3,(H,21,23). The molecule has 6 nitrogen and oxygen atoms in total. The molecule has 0 aliphatic rings. The number of anilines is 1. The van der Waals surface area contributed by atoms with E-state index < -0.39 is 5.97 Å². The number of nitrogens with zero attached hydrogens (tertiary/aromatic N) is 1. The Morgan fingerprint density at radius 2 is 1.96 bits per heavy atom. The average molecular weight is 369 g/mol. The summed E-state index contributed by atoms with van der Waals surface area (Å²) in [5, 5.41) is 3.47. The second-order valence-electron chi connectivity index (χ2n) is 5.94. The van der Waals surface area contributed by atoms with E-state index in [1.165, 1.54) is 11.3 Å². The van der Waals surface area contributed by atoms with Gasteiger partial charge in [-0.15, -0.1) is 11.3 Å². The predicted octanol–water partition coefficient (Wildman–Crippen LogP) is 2.97. The number of carbonyl (C=O) groups is 2. The van der Waals surface area contributed by atoms with Gasteiger partial charge in [0.25, 0.3) is 5.91 Å². The van der Waals surface area contributed by atoms with E-state index in [0.717, 1.165) is 22.2 Å². The van der Waals surface area contributed by atoms with Gasteiger partial charge in [0.1, 0.15) is 9.71 Å². The third-order valence-corrected chi connectivity index (χ3v) is 4.96. The van der Waals surface area contributed by atoms with Crippen LogP contribution in [0.4, 0.5) is 5.69 Å². The van der Waals surface area contributed by atoms with Crippen molar-refractivity contribution in [3.05, 3.63) is 58.1 Å². The molecular weight excluding hydrogens is 350 g/mol. The SMILES string of the molecule is Cc1cc(C)c2c(N)c(C(=O)OCC(=O)NCc3ccccc3)sc2n1. The van der Waals surface area contributed by atoms with E-state index in [2.05, 4.69) is 10.3 Å². The third kappa shape index (κ3) is 3.83. The Kier molecular flexibility index (Phi) is 5.18. The van der Waals surface area contributed by atoms with Gasteiger partial charge in [0.2, 0.25) is 0 Å². The van der Waals surface area contributed by atoms with Crippen LogP contribution in [-0.2, 0) is 16.1 Å². The van der Waals surface area contributed by atoms with Crippen molar-refractivity contribution in [2.75, 3.05) is 12.3 Å². The maximum atomic E-state index is 12.3. The van der Waals surface area contributed by atoms with Crippen LogP contribution in [0.5, 0.6) is 0 Å². The van der Waals surface area contributed by atoms with Gasteiger partial charge in [-0.1, -0.05) is 30.3 Å². The Morgan fingerprint density at radius 3 is 2.69 bits per heavy atom. The molecule has 3 aromatic rings. The van der Waals surface area contributed by atoms with Crippen molar-refractivity contribution < 1.29 is 14.3 Å². The predicted molar refractivity (Wildman–Crippen MR) is 102 cm³/mol. The van der Waals surface area contributed by atoms with Crippen LogP contribution < -0.4 is 11.1 Å². The van der Waals surface area contributed by atoms with Crippen molar-refractivity contribution in [3.63, 3.8) is 0 Å². The number of hydrogen-bond acceptors (Lipinski definition) is 6. The monoisotopic (exact) mass is 369 g/mol. The molecule has 0 bridgehead atoms. The number of aromatic nitrogens is 1. The van der Waals surface area contributed by atoms with Gasteiger partial charge in [0.15, 0.2) is 6.61 Å². The first-order valence-electron chi connectivity index (χ1n) is 8.09. The summed E-state index contributed by atoms with van der Waals surface area (Å²) >= 11 is 1.18. The number of nitrogens with two attached hydrogens (primary N) is 1. The Bertz CT molecular complexity index is 967. The Balaban J connectivity index is 1.63. The van der Waals surface area contributed by atoms with Gasteiger partial charge in [0.05, 0.1) is 5.69 Å². The van der Waals surface area contributed by atoms with Gasteiger partial charge >= 0.3 is 5.97 Å². The molecule has 0 saturated heterocycles. The zero-order valence-corrected chi connectivity index (χ0v) is 15.4. The maximum Gasteiger partial charge on any atom is 0.351 e. The number of pyridine rings is 1. The average Bonchev–Trinajstić information content (AvgIpc) is 2.95. The summed E-state index contributed by atoms with van der Waals surface area (Å²) in [6, 6.07) is 11.4. The Labute approximate surface area is 155 Å². The fraction of sp³-hybridized carbons (Fsp3) is 0.211. The maximum absolute atomic E-state index is 12.3. The first kappa shape index (κ1) is 17.9. The molecule has 0 fully saturated rings. The summed E-state index contributed by atoms with van der Waals surface area (Å²) < 4.78 is 5.11. The largest absolute Gasteiger partial charge is 0.451 e. The smallest absolute Gasteiger partial charge is 0.351 e. The Morgan fingerprint density at radius 1 is 1.23 bits per heavy atom. The summed E-state index contributed by atoms with van der Waals surface area (Å²) in [5.41, 5.74) is 9.24. The molecule has 0 atom stereocenters. The van der Waals surface area contributed by atoms with Crippen molar-refractivity contribution in [2.45, 2.75) is 20.4 Å². The fourth-order valence-electron chi connectivity index (χ4n) is 2.66. The number of nitrogen functional groups attached to an aromatic ring is 1. The third-order valence-electron chi connectivity index (χ3n) is 3.88. The molecule has 3 rings (SSSR count). The van der Waals surface area contributed by atoms with Crippen LogP contribution in [0.1, 0.15) is 26.5 Å². The first-order valence-corrected chi connectivity index (χ1v) is 8.91. The van der Waals surface area contributed by atoms with Gasteiger partial charge in [-0.2, -0.15) is 0 Å². The molecule has 1 amide bonds. The summed E-state index contributed by atoms with van der Waals surface area (Å²) in [7, 11) is 0. The molecule has 0 radical (unpaired) electrons. The quantitative estimate of drug-likeness (QED) is 0.674. The number of aryl methyl sites for hydroxylation is 2. The van der Waals surface area contributed by atoms with Crippen molar-refractivity contribution in [1.29, 1.82) is 0 Å². The number of thiophene rings is 1. The highest BCUT2D eigenvalue weighted by atomic mass is 32.1. The molecule has 0 unspecified atom stereocenters. The highest BCUT2D eigenvalue weighted by molar-refractivity contribution is 7.21. The van der Waals surface area contributed by atoms with Crippen LogP contribution in [0.2, 0.25) is 0 Å². The highest BCUT2D eigenvalue weighted by Gasteiger charge is 2.20. The zero-order valence-electron chi connectivity index (χ0n) is 14.5. The molecule has 2 aromatic heterocycles. The van der Waals surface area contributed by atoms with Crippen molar-refractivity contribution >= 4 is 39.1 Å². The summed E-state index contributed by atoms with van der Waals surface area (Å²) in [6.45, 7) is 3.83. The zero-order chi connectivity index (χ0) is 18.7. The highest BCUT2D eigenvalue weighted by Crippen LogP contribution is 2.35. The van der Waals surface area contributed by atoms with Crippen LogP contribution in [0.25, 0.3) is 10.2 Å². The van der Waals surface area contributed by atoms with Crippen LogP contribution in [0, 0.1) is 13.8 Å². The van der Waals surface area contributed by atoms with E-state index in [9.17, 15) is 9.59 Å². The van der Waals surface area contributed by atoms with Crippen molar-refractivity contribution in [2.24, 2.45) is 0 Å². The lowest BCUT2D eigenvalue weighted by Crippen LogP contribution is -2.28. The van der Waals surface area contributed by atoms with Crippen molar-refractivity contribution in [1.82, 2.24) is 10.3 Å². The summed E-state index contributed by atoms with van der Waals surface area (Å²) in [4.78, 5) is 29.6. The van der Waals surface area contributed by atoms with Gasteiger partial charge in [-0.25, -0.2) is 9.78 Å². The number of benzene rings is 1. The number of ether oxygens (including phenoxy) is 1. The molecule has 3 N–H and O–H groups in total. The van der Waals surface area contributed by atoms with Crippen LogP contribution in [0.15, 0.2) is 36.4 Å². The minimum Gasteiger partial charge on any atom is -0.451 e. The minimum absolute atomic E-state index is 0.275. The van der Waals surface area contributed by atoms with E-state index in [-0.39, 0.29) is 17.4 Å². The summed E-state index contributed by atoms with van der Waals surface area (Å²) in [6.07, 6.45) is 0. The molecule has 7 heteroatoms. The van der Waals surface area contributed by atoms with Crippen LogP contribution in [0.3, 0.4) is 0 Å². The molecule has 1 aromatic carbocycles. The number of rotatable bonds is 5. The van der Waals surface area contributed by atoms with E-state index in [1.807, 2.05) is 50.2 Å². The van der Waals surface area contributed by atoms with Gasteiger partial charge in [0, 0.05) is 17.6 Å². The lowest BCUT2D eigenvalue weighted by molar-refractivity contribution is -0.124. The molecule has 134 valence electrons. The van der Waals surface area contributed by atoms with Gasteiger partial charge < -0.3 is 15.8 Å². The van der Waals surface area contributed by atoms with E-state index in [1.54, 1.807) is 0 Å². The van der Waals surface area contributed by atoms with E-state index in [0.29, 0.717) is 17.1 Å². The molecule has 0 saturated carbocycles. The number of esters is 1. The van der Waals surface area contributed by atoms with Crippen LogP contribution >= 0.6 is 11.3 Å². The first-order chi connectivity index (χ1) is 12.5. The number of hydrogen-bond donors (Lipinski definition) is 2. The topological polar surface area (TPSA) is 94.3 Å². The van der Waals surface area contributed by atoms with Gasteiger partial charge in [-0.3, -0.25) is 4.79 Å². The molecule has 26 heavy (non-hydrogen) atoms. The fourth-order valence-corrected chi connectivity index (χ4v) is 3.78. The second kappa shape index (κ2) is 7.53. The number of nitrogens with one attached hydrogen (secondary N) is 1. The second-order valence-corrected chi connectivity index (χ2v) is 6.94. The number of amides is 1. The number of fused-ring (bicyclic) bond motifs is 1. The molecule has 2 heterocycles. The molecular formula is C19H19N3O3S. The number of carbonyl (C=O) groups excluding carboxylic acids is 2. The normalized spacial score (nSPS) is 10.7. The lowest BCUT2D eigenvalue weighted by Gasteiger charge is -2.06.